The van der Waals surface area contributed by atoms with E-state index in [2.05, 4.69) is 17.0 Å². The fraction of sp³-hybridized carbons (Fsp3) is 0.609. The molecule has 0 unspecified atom stereocenters. The summed E-state index contributed by atoms with van der Waals surface area (Å²) in [6, 6.07) is -1.33. The first-order valence-electron chi connectivity index (χ1n) is 9.73. The van der Waals surface area contributed by atoms with E-state index >= 15 is 0 Å². The molecule has 0 aliphatic carbocycles. The lowest BCUT2D eigenvalue weighted by atomic mass is 10.4. The minimum absolute atomic E-state index is 0.167. The Labute approximate surface area is 219 Å². The second-order valence-corrected chi connectivity index (χ2v) is 7.87. The number of Topliss-reactive ketones (excluding diaryl/α,β-unsaturated/α-hetero) is 1. The van der Waals surface area contributed by atoms with Gasteiger partial charge in [0.1, 0.15) is 12.1 Å². The van der Waals surface area contributed by atoms with Crippen LogP contribution in [0.25, 0.3) is 0 Å². The Kier molecular flexibility index (Phi) is 94.6. The number of esters is 1. The standard InChI is InChI=1S/C4H8.C3H7N.C3H6O2.C3H6O.C2H3FO.C2H5NO.C2H4O2.C2H6OS.C2H4O/c1-4(2)3;1-3(2)4;1-3(4)5-2;1-3(2)4;3*1-2(3)4;1-4(2)3;1-2-3/h1H2,2-3H3;4H,1-2H3;1-2H3;1-2H3;1H3;1H3,(H2,3,4);1H3,(H,3,4);1-2H3;2H,1H3. The lowest BCUT2D eigenvalue weighted by molar-refractivity contribution is -0.138. The van der Waals surface area contributed by atoms with Crippen LogP contribution < -0.4 is 5.73 Å². The van der Waals surface area contributed by atoms with Gasteiger partial charge in [-0.15, -0.1) is 6.58 Å². The number of ketones is 1. The number of allylic oxidation sites excluding steroid dienone is 1. The summed E-state index contributed by atoms with van der Waals surface area (Å²) in [7, 11) is 0.738. The van der Waals surface area contributed by atoms with E-state index in [4.69, 9.17) is 24.9 Å². The second kappa shape index (κ2) is 58.1. The molecule has 13 heteroatoms. The van der Waals surface area contributed by atoms with Gasteiger partial charge in [-0.3, -0.25) is 23.4 Å². The lowest BCUT2D eigenvalue weighted by Crippen LogP contribution is -2.01. The third-order valence-corrected chi connectivity index (χ3v) is 0.287. The molecule has 0 saturated heterocycles. The summed E-state index contributed by atoms with van der Waals surface area (Å²) in [6.07, 6.45) is 4.03. The molecular weight excluding hydrogens is 499 g/mol. The van der Waals surface area contributed by atoms with Crippen molar-refractivity contribution in [1.29, 1.82) is 5.41 Å². The van der Waals surface area contributed by atoms with E-state index in [0.717, 1.165) is 20.1 Å². The molecule has 4 N–H and O–H groups in total. The second-order valence-electron chi connectivity index (χ2n) is 6.39. The molecule has 36 heavy (non-hydrogen) atoms. The Morgan fingerprint density at radius 2 is 0.944 bits per heavy atom. The number of methoxy groups -OCH3 is 1. The van der Waals surface area contributed by atoms with Gasteiger partial charge in [-0.2, -0.15) is 4.39 Å². The highest BCUT2D eigenvalue weighted by atomic mass is 32.2. The number of aldehydes is 1. The van der Waals surface area contributed by atoms with Gasteiger partial charge in [0.05, 0.1) is 7.11 Å². The van der Waals surface area contributed by atoms with E-state index in [0.29, 0.717) is 5.71 Å². The van der Waals surface area contributed by atoms with Gasteiger partial charge < -0.3 is 30.6 Å². The van der Waals surface area contributed by atoms with E-state index < -0.39 is 22.8 Å². The average molecular weight is 549 g/mol. The molecule has 0 spiro atoms. The van der Waals surface area contributed by atoms with Crippen LogP contribution in [0.5, 0.6) is 0 Å². The van der Waals surface area contributed by atoms with Gasteiger partial charge >= 0.3 is 5.97 Å². The molecule has 0 radical (unpaired) electrons. The van der Waals surface area contributed by atoms with Gasteiger partial charge in [-0.1, -0.05) is 5.57 Å². The Balaban J connectivity index is -0.0000000326. The van der Waals surface area contributed by atoms with E-state index in [1.54, 1.807) is 26.4 Å². The molecule has 0 aliphatic rings. The summed E-state index contributed by atoms with van der Waals surface area (Å²) in [5, 5.41) is 13.9. The highest BCUT2D eigenvalue weighted by molar-refractivity contribution is 7.83. The number of nitrogens with two attached hydrogens (primary N) is 1. The van der Waals surface area contributed by atoms with Crippen LogP contribution in [-0.4, -0.2) is 70.6 Å². The number of amides is 1. The number of hydrogen-bond acceptors (Lipinski definition) is 9. The zero-order valence-electron chi connectivity index (χ0n) is 24.4. The van der Waals surface area contributed by atoms with Crippen molar-refractivity contribution in [2.45, 2.75) is 76.2 Å². The smallest absolute Gasteiger partial charge is 0.302 e. The van der Waals surface area contributed by atoms with Crippen molar-refractivity contribution in [2.24, 2.45) is 5.73 Å². The van der Waals surface area contributed by atoms with Crippen molar-refractivity contribution < 1.29 is 47.2 Å². The van der Waals surface area contributed by atoms with Crippen molar-refractivity contribution >= 4 is 52.5 Å². The van der Waals surface area contributed by atoms with E-state index in [-0.39, 0.29) is 17.7 Å². The van der Waals surface area contributed by atoms with Crippen LogP contribution in [0.1, 0.15) is 76.2 Å². The Hall–Kier alpha value is -3.09. The SMILES string of the molecule is C=C(C)C.CC(=O)F.CC(=O)O.CC(C)=N.CC(C)=O.CC(N)=O.CC=O.COC(C)=O.CS(C)=O. The molecule has 11 nitrogen and oxygen atoms in total. The summed E-state index contributed by atoms with van der Waals surface area (Å²) in [4.78, 5) is 54.8. The number of ether oxygens (including phenoxy) is 1. The predicted octanol–water partition coefficient (Wildman–Crippen LogP) is 3.69. The maximum absolute atomic E-state index is 10.4. The van der Waals surface area contributed by atoms with Gasteiger partial charge in [-0.05, 0) is 48.5 Å². The minimum atomic E-state index is -1.33. The maximum atomic E-state index is 10.4. The van der Waals surface area contributed by atoms with E-state index in [9.17, 15) is 23.0 Å². The van der Waals surface area contributed by atoms with Gasteiger partial charge in [-0.25, -0.2) is 0 Å². The van der Waals surface area contributed by atoms with Crippen LogP contribution in [0.2, 0.25) is 0 Å². The lowest BCUT2D eigenvalue weighted by Gasteiger charge is -1.80. The maximum Gasteiger partial charge on any atom is 0.302 e. The number of carboxylic acids is 1. The number of carboxylic acid groups (broad SMARTS) is 1. The van der Waals surface area contributed by atoms with Crippen molar-refractivity contribution in [3.8, 4) is 0 Å². The van der Waals surface area contributed by atoms with Crippen molar-refractivity contribution in [3.05, 3.63) is 12.2 Å². The summed E-state index contributed by atoms with van der Waals surface area (Å²) in [5.41, 5.74) is 6.31. The van der Waals surface area contributed by atoms with Crippen molar-refractivity contribution in [2.75, 3.05) is 19.6 Å². The molecule has 0 aliphatic heterocycles. The van der Waals surface area contributed by atoms with Crippen molar-refractivity contribution in [3.63, 3.8) is 0 Å². The molecule has 218 valence electrons. The Morgan fingerprint density at radius 3 is 0.944 bits per heavy atom. The van der Waals surface area contributed by atoms with Crippen LogP contribution in [0.3, 0.4) is 0 Å². The Morgan fingerprint density at radius 1 is 0.917 bits per heavy atom. The van der Waals surface area contributed by atoms with Crippen LogP contribution in [0.15, 0.2) is 12.2 Å². The number of rotatable bonds is 0. The molecule has 0 aromatic carbocycles. The van der Waals surface area contributed by atoms with Crippen LogP contribution in [-0.2, 0) is 44.3 Å². The summed E-state index contributed by atoms with van der Waals surface area (Å²) in [6.45, 7) is 20.1. The number of halogens is 1. The van der Waals surface area contributed by atoms with E-state index in [1.807, 2.05) is 13.8 Å². The molecule has 1 amide bonds. The summed E-state index contributed by atoms with van der Waals surface area (Å²) in [5.74, 6) is -1.25. The molecule has 0 fully saturated rings. The van der Waals surface area contributed by atoms with E-state index in [1.165, 1.54) is 47.3 Å². The zero-order chi connectivity index (χ0) is 32.0. The molecule has 0 bridgehead atoms. The molecule has 0 saturated carbocycles. The first-order chi connectivity index (χ1) is 15.8. The Bertz CT molecular complexity index is 464. The highest BCUT2D eigenvalue weighted by Gasteiger charge is 1.75. The monoisotopic (exact) mass is 548 g/mol. The molecule has 0 atom stereocenters. The number of carbonyl (C=O) groups is 6. The summed E-state index contributed by atoms with van der Waals surface area (Å²) < 4.78 is 24.0. The number of hydrogen-bond donors (Lipinski definition) is 3. The average Bonchev–Trinajstić information content (AvgIpc) is 2.51. The topological polar surface area (TPSA) is 199 Å². The first kappa shape index (κ1) is 58.6. The zero-order valence-corrected chi connectivity index (χ0v) is 25.2. The van der Waals surface area contributed by atoms with Gasteiger partial charge in [0.2, 0.25) is 5.91 Å². The third-order valence-electron chi connectivity index (χ3n) is 0.287. The quantitative estimate of drug-likeness (QED) is 0.133. The summed E-state index contributed by atoms with van der Waals surface area (Å²) >= 11 is 0. The molecule has 0 aromatic rings. The van der Waals surface area contributed by atoms with Crippen LogP contribution in [0, 0.1) is 5.41 Å². The normalized spacial score (nSPS) is 6.56. The van der Waals surface area contributed by atoms with Gasteiger partial charge in [0.25, 0.3) is 12.0 Å². The van der Waals surface area contributed by atoms with Crippen LogP contribution in [0.4, 0.5) is 4.39 Å². The molecule has 0 aromatic heterocycles. The fourth-order valence-electron chi connectivity index (χ4n) is 0. The third kappa shape index (κ3) is 23300. The predicted molar refractivity (Wildman–Crippen MR) is 145 cm³/mol. The fourth-order valence-corrected chi connectivity index (χ4v) is 0. The molecule has 0 heterocycles. The number of nitrogens with one attached hydrogen (secondary N) is 1. The largest absolute Gasteiger partial charge is 0.481 e. The highest BCUT2D eigenvalue weighted by Crippen LogP contribution is 1.73. The van der Waals surface area contributed by atoms with Crippen molar-refractivity contribution in [1.82, 2.24) is 0 Å². The number of aliphatic carboxylic acids is 1. The minimum Gasteiger partial charge on any atom is -0.481 e. The van der Waals surface area contributed by atoms with Gasteiger partial charge in [0.15, 0.2) is 0 Å². The number of primary amides is 1. The number of carbonyl (C=O) groups excluding carboxylic acids is 5. The van der Waals surface area contributed by atoms with Gasteiger partial charge in [0, 0.05) is 56.7 Å². The molecular formula is C23H49FN2O9S. The first-order valence-corrected chi connectivity index (χ1v) is 11.7. The molecule has 0 rings (SSSR count). The van der Waals surface area contributed by atoms with Crippen LogP contribution >= 0.6 is 0 Å².